The summed E-state index contributed by atoms with van der Waals surface area (Å²) < 4.78 is 32.5. The number of aliphatic hydroxyl groups excluding tert-OH is 1. The first-order valence-electron chi connectivity index (χ1n) is 20.1. The second-order valence-electron chi connectivity index (χ2n) is 13.2. The fourth-order valence-electron chi connectivity index (χ4n) is 4.75. The number of hydrogen-bond donors (Lipinski definition) is 4. The van der Waals surface area contributed by atoms with Gasteiger partial charge in [0.1, 0.15) is 12.6 Å². The molecule has 0 radical (unpaired) electrons. The highest BCUT2D eigenvalue weighted by Crippen LogP contribution is 2.43. The van der Waals surface area contributed by atoms with Crippen molar-refractivity contribution in [2.24, 2.45) is 5.73 Å². The minimum atomic E-state index is -4.74. The number of aliphatic carboxylic acids is 1. The average molecular weight is 796 g/mol. The van der Waals surface area contributed by atoms with E-state index in [9.17, 15) is 28.9 Å². The first kappa shape index (κ1) is 51.9. The van der Waals surface area contributed by atoms with Gasteiger partial charge in [-0.3, -0.25) is 23.4 Å². The summed E-state index contributed by atoms with van der Waals surface area (Å²) >= 11 is 0. The van der Waals surface area contributed by atoms with Gasteiger partial charge in [-0.2, -0.15) is 0 Å². The summed E-state index contributed by atoms with van der Waals surface area (Å²) in [6.07, 6.45) is 39.3. The van der Waals surface area contributed by atoms with E-state index in [4.69, 9.17) is 24.8 Å². The van der Waals surface area contributed by atoms with Gasteiger partial charge in [0.15, 0.2) is 6.10 Å². The highest BCUT2D eigenvalue weighted by Gasteiger charge is 2.28. The molecule has 0 heterocycles. The Morgan fingerprint density at radius 1 is 0.655 bits per heavy atom. The van der Waals surface area contributed by atoms with Gasteiger partial charge < -0.3 is 30.3 Å². The lowest BCUT2D eigenvalue weighted by molar-refractivity contribution is -0.161. The maximum absolute atomic E-state index is 12.6. The van der Waals surface area contributed by atoms with E-state index in [1.54, 1.807) is 6.08 Å². The molecule has 0 bridgehead atoms. The Morgan fingerprint density at radius 3 is 1.82 bits per heavy atom. The second-order valence-corrected chi connectivity index (χ2v) is 14.7. The van der Waals surface area contributed by atoms with Gasteiger partial charge >= 0.3 is 25.7 Å². The molecule has 12 nitrogen and oxygen atoms in total. The van der Waals surface area contributed by atoms with Crippen molar-refractivity contribution in [3.05, 3.63) is 72.9 Å². The Labute approximate surface area is 330 Å². The Balaban J connectivity index is 4.57. The maximum atomic E-state index is 12.6. The van der Waals surface area contributed by atoms with Crippen LogP contribution in [0.3, 0.4) is 0 Å². The van der Waals surface area contributed by atoms with E-state index in [-0.39, 0.29) is 19.4 Å². The van der Waals surface area contributed by atoms with Crippen molar-refractivity contribution in [1.29, 1.82) is 0 Å². The van der Waals surface area contributed by atoms with Crippen LogP contribution in [-0.4, -0.2) is 71.1 Å². The molecule has 0 aromatic rings. The maximum Gasteiger partial charge on any atom is 0.472 e. The Hall–Kier alpha value is -3.12. The molecule has 4 atom stereocenters. The zero-order valence-electron chi connectivity index (χ0n) is 33.3. The van der Waals surface area contributed by atoms with Crippen LogP contribution in [0.4, 0.5) is 0 Å². The van der Waals surface area contributed by atoms with Gasteiger partial charge in [0.05, 0.1) is 19.3 Å². The third-order valence-corrected chi connectivity index (χ3v) is 9.05. The summed E-state index contributed by atoms with van der Waals surface area (Å²) in [5.41, 5.74) is 5.31. The summed E-state index contributed by atoms with van der Waals surface area (Å²) in [6.45, 7) is 2.35. The summed E-state index contributed by atoms with van der Waals surface area (Å²) in [5, 5.41) is 18.3. The lowest BCUT2D eigenvalue weighted by Crippen LogP contribution is -2.34. The van der Waals surface area contributed by atoms with Gasteiger partial charge in [-0.1, -0.05) is 125 Å². The number of phosphoric acid groups is 1. The number of carboxylic acids is 1. The quantitative estimate of drug-likeness (QED) is 0.0155. The number of allylic oxidation sites excluding steroid dienone is 11. The van der Waals surface area contributed by atoms with Crippen LogP contribution in [-0.2, 0) is 37.5 Å². The van der Waals surface area contributed by atoms with Crippen LogP contribution >= 0.6 is 7.82 Å². The third-order valence-electron chi connectivity index (χ3n) is 8.10. The van der Waals surface area contributed by atoms with Crippen molar-refractivity contribution in [3.8, 4) is 0 Å². The molecule has 0 spiro atoms. The van der Waals surface area contributed by atoms with Crippen LogP contribution in [0.15, 0.2) is 72.9 Å². The minimum absolute atomic E-state index is 0.0638. The molecule has 0 rings (SSSR count). The van der Waals surface area contributed by atoms with Crippen molar-refractivity contribution >= 4 is 25.7 Å². The fourth-order valence-corrected chi connectivity index (χ4v) is 5.53. The molecule has 0 saturated heterocycles. The zero-order valence-corrected chi connectivity index (χ0v) is 34.2. The predicted molar refractivity (Wildman–Crippen MR) is 218 cm³/mol. The van der Waals surface area contributed by atoms with Crippen LogP contribution < -0.4 is 5.73 Å². The largest absolute Gasteiger partial charge is 0.480 e. The molecule has 0 fully saturated rings. The molecule has 5 N–H and O–H groups in total. The van der Waals surface area contributed by atoms with Crippen LogP contribution in [0.25, 0.3) is 0 Å². The number of hydrogen-bond acceptors (Lipinski definition) is 10. The monoisotopic (exact) mass is 795 g/mol. The Kier molecular flexibility index (Phi) is 34.4. The van der Waals surface area contributed by atoms with E-state index in [2.05, 4.69) is 47.9 Å². The Bertz CT molecular complexity index is 1230. The van der Waals surface area contributed by atoms with E-state index in [1.807, 2.05) is 37.3 Å². The minimum Gasteiger partial charge on any atom is -0.480 e. The fraction of sp³-hybridized carbons (Fsp3) is 0.643. The SMILES string of the molecule is CCCCCC/C=C\CCCCCCCC(=O)OC[C@H](COP(=O)(O)OC[C@H](N)C(=O)O)OC(=O)CCC/C=C\C/C=C\C/C=C\C/C=C\C=C\[C@H](O)CC. The number of esters is 2. The van der Waals surface area contributed by atoms with Gasteiger partial charge in [-0.05, 0) is 70.6 Å². The van der Waals surface area contributed by atoms with Gasteiger partial charge in [0.2, 0.25) is 0 Å². The Morgan fingerprint density at radius 2 is 1.18 bits per heavy atom. The van der Waals surface area contributed by atoms with Crippen molar-refractivity contribution in [1.82, 2.24) is 0 Å². The number of carbonyl (C=O) groups excluding carboxylic acids is 2. The summed E-state index contributed by atoms with van der Waals surface area (Å²) in [7, 11) is -4.74. The molecule has 0 aliphatic carbocycles. The number of aliphatic hydroxyl groups is 1. The van der Waals surface area contributed by atoms with Gasteiger partial charge in [0, 0.05) is 12.8 Å². The first-order chi connectivity index (χ1) is 26.5. The third kappa shape index (κ3) is 36.3. The molecule has 55 heavy (non-hydrogen) atoms. The van der Waals surface area contributed by atoms with Crippen LogP contribution in [0.2, 0.25) is 0 Å². The molecular formula is C42H70NO11P. The second kappa shape index (κ2) is 36.5. The zero-order chi connectivity index (χ0) is 40.8. The lowest BCUT2D eigenvalue weighted by atomic mass is 10.1. The van der Waals surface area contributed by atoms with Crippen molar-refractivity contribution in [2.45, 2.75) is 154 Å². The molecule has 13 heteroatoms. The molecule has 0 aromatic heterocycles. The molecule has 0 aliphatic rings. The first-order valence-corrected chi connectivity index (χ1v) is 21.6. The molecule has 0 aromatic carbocycles. The number of rotatable bonds is 36. The van der Waals surface area contributed by atoms with Gasteiger partial charge in [-0.25, -0.2) is 4.57 Å². The van der Waals surface area contributed by atoms with Crippen LogP contribution in [0, 0.1) is 0 Å². The highest BCUT2D eigenvalue weighted by atomic mass is 31.2. The van der Waals surface area contributed by atoms with Gasteiger partial charge in [0.25, 0.3) is 0 Å². The molecular weight excluding hydrogens is 725 g/mol. The van der Waals surface area contributed by atoms with E-state index in [0.29, 0.717) is 25.7 Å². The van der Waals surface area contributed by atoms with Crippen molar-refractivity contribution < 1.29 is 52.6 Å². The molecule has 0 saturated carbocycles. The average Bonchev–Trinajstić information content (AvgIpc) is 3.16. The normalized spacial score (nSPS) is 15.1. The number of carboxylic acid groups (broad SMARTS) is 1. The number of phosphoric ester groups is 1. The van der Waals surface area contributed by atoms with Gasteiger partial charge in [-0.15, -0.1) is 0 Å². The van der Waals surface area contributed by atoms with Crippen LogP contribution in [0.1, 0.15) is 136 Å². The van der Waals surface area contributed by atoms with E-state index < -0.39 is 57.2 Å². The summed E-state index contributed by atoms with van der Waals surface area (Å²) in [6, 6.07) is -1.54. The van der Waals surface area contributed by atoms with Crippen LogP contribution in [0.5, 0.6) is 0 Å². The van der Waals surface area contributed by atoms with Crippen molar-refractivity contribution in [3.63, 3.8) is 0 Å². The predicted octanol–water partition coefficient (Wildman–Crippen LogP) is 9.14. The number of ether oxygens (including phenoxy) is 2. The van der Waals surface area contributed by atoms with E-state index in [1.165, 1.54) is 25.7 Å². The molecule has 0 aliphatic heterocycles. The molecule has 314 valence electrons. The smallest absolute Gasteiger partial charge is 0.472 e. The number of unbranched alkanes of at least 4 members (excludes halogenated alkanes) is 10. The number of carbonyl (C=O) groups is 3. The highest BCUT2D eigenvalue weighted by molar-refractivity contribution is 7.47. The number of nitrogens with two attached hydrogens (primary N) is 1. The summed E-state index contributed by atoms with van der Waals surface area (Å²) in [4.78, 5) is 45.8. The van der Waals surface area contributed by atoms with E-state index in [0.717, 1.165) is 57.8 Å². The van der Waals surface area contributed by atoms with E-state index >= 15 is 0 Å². The lowest BCUT2D eigenvalue weighted by Gasteiger charge is -2.20. The molecule has 1 unspecified atom stereocenters. The standard InChI is InChI=1S/C42H70NO11P/c1-3-5-6-7-8-9-10-13-17-20-23-26-29-32-40(45)51-34-38(35-52-55(49,50)53-36-39(43)42(47)48)54-41(46)33-30-27-24-21-18-15-12-11-14-16-19-22-25-28-31-37(44)4-2/h9-10,12,14-16,21-22,24-25,28,31,37-39,44H,3-8,11,13,17-20,23,26-27,29-30,32-36,43H2,1-2H3,(H,47,48)(H,49,50)/b10-9-,15-12-,16-14-,24-21-,25-22-,31-28+/t37-,38-,39+/m1/s1. The molecule has 0 amide bonds. The van der Waals surface area contributed by atoms with Crippen molar-refractivity contribution in [2.75, 3.05) is 19.8 Å². The topological polar surface area (TPSA) is 192 Å². The summed E-state index contributed by atoms with van der Waals surface area (Å²) in [5.74, 6) is -2.50.